The molecule has 0 aromatic heterocycles. The Labute approximate surface area is 145 Å². The van der Waals surface area contributed by atoms with Crippen molar-refractivity contribution in [3.8, 4) is 0 Å². The summed E-state index contributed by atoms with van der Waals surface area (Å²) in [5.74, 6) is 0.640. The molecule has 138 valence electrons. The minimum absolute atomic E-state index is 0.195. The molecular weight excluding hydrogens is 308 g/mol. The number of piperidine rings is 1. The quantitative estimate of drug-likeness (QED) is 0.805. The Balaban J connectivity index is 1.86. The number of rotatable bonds is 6. The van der Waals surface area contributed by atoms with Crippen molar-refractivity contribution in [2.24, 2.45) is 11.8 Å². The molecule has 2 aliphatic heterocycles. The number of hydrogen-bond acceptors (Lipinski definition) is 4. The lowest BCUT2D eigenvalue weighted by molar-refractivity contribution is -0.144. The van der Waals surface area contributed by atoms with E-state index in [1.807, 2.05) is 13.8 Å². The fraction of sp³-hybridized carbons (Fsp3) is 0.889. The number of aliphatic hydroxyl groups is 1. The number of ether oxygens (including phenoxy) is 1. The lowest BCUT2D eigenvalue weighted by atomic mass is 9.90. The van der Waals surface area contributed by atoms with E-state index in [4.69, 9.17) is 4.74 Å². The second-order valence-electron chi connectivity index (χ2n) is 8.13. The van der Waals surface area contributed by atoms with Crippen molar-refractivity contribution in [1.29, 1.82) is 0 Å². The van der Waals surface area contributed by atoms with E-state index in [-0.39, 0.29) is 17.9 Å². The van der Waals surface area contributed by atoms with E-state index in [1.165, 1.54) is 0 Å². The number of aliphatic hydroxyl groups excluding tert-OH is 1. The molecule has 1 spiro atoms. The lowest BCUT2D eigenvalue weighted by Gasteiger charge is -2.38. The molecule has 0 aromatic carbocycles. The number of carbonyl (C=O) groups is 2. The third-order valence-corrected chi connectivity index (χ3v) is 4.98. The van der Waals surface area contributed by atoms with E-state index in [0.717, 1.165) is 13.0 Å². The van der Waals surface area contributed by atoms with Crippen LogP contribution in [0.1, 0.15) is 53.4 Å². The molecule has 0 unspecified atom stereocenters. The standard InChI is InChI=1S/C18H32N2O4/c1-13(2)5-8-20-12-18(24-17(20)23)6-9-19(10-7-18)16(22)15(21)11-14(3)4/h13-15,21H,5-12H2,1-4H3/t15-/m0/s1. The summed E-state index contributed by atoms with van der Waals surface area (Å²) in [6, 6.07) is 0. The molecule has 2 amide bonds. The number of amides is 2. The van der Waals surface area contributed by atoms with Gasteiger partial charge in [-0.25, -0.2) is 4.79 Å². The van der Waals surface area contributed by atoms with Crippen LogP contribution in [0, 0.1) is 11.8 Å². The highest BCUT2D eigenvalue weighted by molar-refractivity contribution is 5.80. The first-order valence-electron chi connectivity index (χ1n) is 9.17. The SMILES string of the molecule is CC(C)CCN1CC2(CCN(C(=O)[C@@H](O)CC(C)C)CC2)OC1=O. The van der Waals surface area contributed by atoms with Crippen LogP contribution in [0.25, 0.3) is 0 Å². The highest BCUT2D eigenvalue weighted by Crippen LogP contribution is 2.33. The van der Waals surface area contributed by atoms with Crippen LogP contribution in [0.5, 0.6) is 0 Å². The summed E-state index contributed by atoms with van der Waals surface area (Å²) in [6.45, 7) is 10.7. The van der Waals surface area contributed by atoms with Crippen LogP contribution in [-0.2, 0) is 9.53 Å². The van der Waals surface area contributed by atoms with Crippen molar-refractivity contribution < 1.29 is 19.4 Å². The minimum Gasteiger partial charge on any atom is -0.441 e. The van der Waals surface area contributed by atoms with E-state index in [0.29, 0.717) is 44.8 Å². The van der Waals surface area contributed by atoms with Crippen LogP contribution in [0.3, 0.4) is 0 Å². The maximum Gasteiger partial charge on any atom is 0.410 e. The van der Waals surface area contributed by atoms with Crippen LogP contribution >= 0.6 is 0 Å². The van der Waals surface area contributed by atoms with Gasteiger partial charge in [-0.3, -0.25) is 4.79 Å². The maximum absolute atomic E-state index is 12.3. The highest BCUT2D eigenvalue weighted by Gasteiger charge is 2.47. The number of hydrogen-bond donors (Lipinski definition) is 1. The molecule has 1 atom stereocenters. The molecule has 0 radical (unpaired) electrons. The first-order chi connectivity index (χ1) is 11.2. The lowest BCUT2D eigenvalue weighted by Crippen LogP contribution is -2.51. The zero-order chi connectivity index (χ0) is 17.9. The molecule has 0 saturated carbocycles. The van der Waals surface area contributed by atoms with Gasteiger partial charge in [-0.2, -0.15) is 0 Å². The molecule has 2 rings (SSSR count). The molecule has 2 aliphatic rings. The second kappa shape index (κ2) is 7.72. The monoisotopic (exact) mass is 340 g/mol. The largest absolute Gasteiger partial charge is 0.441 e. The molecule has 1 N–H and O–H groups in total. The fourth-order valence-corrected chi connectivity index (χ4v) is 3.43. The summed E-state index contributed by atoms with van der Waals surface area (Å²) in [7, 11) is 0. The Morgan fingerprint density at radius 2 is 1.83 bits per heavy atom. The first-order valence-corrected chi connectivity index (χ1v) is 9.17. The predicted molar refractivity (Wildman–Crippen MR) is 91.5 cm³/mol. The molecular formula is C18H32N2O4. The van der Waals surface area contributed by atoms with Crippen LogP contribution in [0.15, 0.2) is 0 Å². The second-order valence-corrected chi connectivity index (χ2v) is 8.13. The normalized spacial score (nSPS) is 21.7. The Kier molecular flexibility index (Phi) is 6.12. The summed E-state index contributed by atoms with van der Waals surface area (Å²) >= 11 is 0. The van der Waals surface area contributed by atoms with Crippen molar-refractivity contribution in [2.75, 3.05) is 26.2 Å². The van der Waals surface area contributed by atoms with Gasteiger partial charge in [0.1, 0.15) is 11.7 Å². The summed E-state index contributed by atoms with van der Waals surface area (Å²) in [4.78, 5) is 27.9. The summed E-state index contributed by atoms with van der Waals surface area (Å²) in [5.41, 5.74) is -0.451. The Morgan fingerprint density at radius 1 is 1.21 bits per heavy atom. The minimum atomic E-state index is -0.923. The average Bonchev–Trinajstić information content (AvgIpc) is 2.80. The summed E-state index contributed by atoms with van der Waals surface area (Å²) in [6.07, 6.45) is 1.60. The number of likely N-dealkylation sites (tertiary alicyclic amines) is 1. The van der Waals surface area contributed by atoms with Gasteiger partial charge in [-0.15, -0.1) is 0 Å². The van der Waals surface area contributed by atoms with Crippen LogP contribution in [0.4, 0.5) is 4.79 Å². The smallest absolute Gasteiger partial charge is 0.410 e. The van der Waals surface area contributed by atoms with Crippen molar-refractivity contribution in [3.05, 3.63) is 0 Å². The van der Waals surface area contributed by atoms with Gasteiger partial charge in [-0.1, -0.05) is 27.7 Å². The summed E-state index contributed by atoms with van der Waals surface area (Å²) < 4.78 is 5.67. The van der Waals surface area contributed by atoms with Gasteiger partial charge in [0.25, 0.3) is 5.91 Å². The molecule has 0 aromatic rings. The van der Waals surface area contributed by atoms with E-state index >= 15 is 0 Å². The Bertz CT molecular complexity index is 456. The first kappa shape index (κ1) is 19.0. The Hall–Kier alpha value is -1.30. The average molecular weight is 340 g/mol. The molecule has 2 saturated heterocycles. The van der Waals surface area contributed by atoms with Crippen molar-refractivity contribution in [3.63, 3.8) is 0 Å². The van der Waals surface area contributed by atoms with E-state index in [2.05, 4.69) is 13.8 Å². The van der Waals surface area contributed by atoms with Crippen molar-refractivity contribution >= 4 is 12.0 Å². The molecule has 0 bridgehead atoms. The highest BCUT2D eigenvalue weighted by atomic mass is 16.6. The van der Waals surface area contributed by atoms with E-state index in [1.54, 1.807) is 9.80 Å². The van der Waals surface area contributed by atoms with Gasteiger partial charge < -0.3 is 19.6 Å². The topological polar surface area (TPSA) is 70.1 Å². The number of carbonyl (C=O) groups excluding carboxylic acids is 2. The molecule has 24 heavy (non-hydrogen) atoms. The van der Waals surface area contributed by atoms with Gasteiger partial charge in [0.15, 0.2) is 0 Å². The fourth-order valence-electron chi connectivity index (χ4n) is 3.43. The van der Waals surface area contributed by atoms with Gasteiger partial charge >= 0.3 is 6.09 Å². The summed E-state index contributed by atoms with van der Waals surface area (Å²) in [5, 5.41) is 10.0. The van der Waals surface area contributed by atoms with E-state index < -0.39 is 11.7 Å². The van der Waals surface area contributed by atoms with Crippen LogP contribution < -0.4 is 0 Å². The third-order valence-electron chi connectivity index (χ3n) is 4.98. The van der Waals surface area contributed by atoms with Gasteiger partial charge in [-0.05, 0) is 24.7 Å². The molecule has 2 heterocycles. The third kappa shape index (κ3) is 4.62. The molecule has 0 aliphatic carbocycles. The van der Waals surface area contributed by atoms with Gasteiger partial charge in [0.2, 0.25) is 0 Å². The zero-order valence-corrected chi connectivity index (χ0v) is 15.5. The maximum atomic E-state index is 12.3. The van der Waals surface area contributed by atoms with Crippen molar-refractivity contribution in [1.82, 2.24) is 9.80 Å². The van der Waals surface area contributed by atoms with Gasteiger partial charge in [0, 0.05) is 32.5 Å². The molecule has 2 fully saturated rings. The Morgan fingerprint density at radius 3 is 2.38 bits per heavy atom. The van der Waals surface area contributed by atoms with Crippen LogP contribution in [-0.4, -0.2) is 64.8 Å². The molecule has 6 heteroatoms. The van der Waals surface area contributed by atoms with Gasteiger partial charge in [0.05, 0.1) is 6.54 Å². The predicted octanol–water partition coefficient (Wildman–Crippen LogP) is 2.25. The molecule has 6 nitrogen and oxygen atoms in total. The number of nitrogens with zero attached hydrogens (tertiary/aromatic N) is 2. The van der Waals surface area contributed by atoms with E-state index in [9.17, 15) is 14.7 Å². The van der Waals surface area contributed by atoms with Crippen LogP contribution in [0.2, 0.25) is 0 Å². The van der Waals surface area contributed by atoms with Crippen molar-refractivity contribution in [2.45, 2.75) is 65.1 Å². The zero-order valence-electron chi connectivity index (χ0n) is 15.5.